The smallest absolute Gasteiger partial charge is 0.146 e. The molecule has 1 aliphatic rings. The predicted molar refractivity (Wildman–Crippen MR) is 97.5 cm³/mol. The highest BCUT2D eigenvalue weighted by molar-refractivity contribution is 5.91. The molecule has 0 unspecified atom stereocenters. The zero-order chi connectivity index (χ0) is 17.7. The number of allylic oxidation sites excluding steroid dienone is 2. The summed E-state index contributed by atoms with van der Waals surface area (Å²) in [6.07, 6.45) is 4.14. The summed E-state index contributed by atoms with van der Waals surface area (Å²) in [6.45, 7) is 8.64. The third-order valence-corrected chi connectivity index (χ3v) is 4.68. The van der Waals surface area contributed by atoms with Crippen molar-refractivity contribution in [2.24, 2.45) is 0 Å². The molecule has 132 valence electrons. The summed E-state index contributed by atoms with van der Waals surface area (Å²) in [4.78, 5) is 11.5. The average Bonchev–Trinajstić information content (AvgIpc) is 3.02. The maximum atomic E-state index is 12.5. The highest BCUT2D eigenvalue weighted by Crippen LogP contribution is 2.42. The Hall–Kier alpha value is -1.64. The van der Waals surface area contributed by atoms with Gasteiger partial charge in [-0.2, -0.15) is 0 Å². The Balaban J connectivity index is 2.61. The van der Waals surface area contributed by atoms with E-state index in [1.807, 2.05) is 0 Å². The average molecular weight is 332 g/mol. The first-order valence-electron chi connectivity index (χ1n) is 9.03. The van der Waals surface area contributed by atoms with Crippen molar-refractivity contribution >= 4 is 11.9 Å². The highest BCUT2D eigenvalue weighted by atomic mass is 19.1. The summed E-state index contributed by atoms with van der Waals surface area (Å²) < 4.78 is 18.5. The fourth-order valence-corrected chi connectivity index (χ4v) is 3.26. The van der Waals surface area contributed by atoms with E-state index in [1.165, 1.54) is 5.56 Å². The van der Waals surface area contributed by atoms with Crippen molar-refractivity contribution in [3.63, 3.8) is 0 Å². The monoisotopic (exact) mass is 332 g/mol. The quantitative estimate of drug-likeness (QED) is 0.443. The van der Waals surface area contributed by atoms with Gasteiger partial charge in [-0.1, -0.05) is 33.8 Å². The number of alkyl halides is 1. The van der Waals surface area contributed by atoms with Crippen LogP contribution in [-0.2, 0) is 4.79 Å². The number of rotatable bonds is 8. The number of halogens is 1. The molecule has 0 aromatic heterocycles. The zero-order valence-electron chi connectivity index (χ0n) is 15.3. The van der Waals surface area contributed by atoms with Gasteiger partial charge in [-0.15, -0.1) is 0 Å². The van der Waals surface area contributed by atoms with E-state index in [4.69, 9.17) is 4.74 Å². The maximum absolute atomic E-state index is 12.5. The van der Waals surface area contributed by atoms with Gasteiger partial charge < -0.3 is 4.74 Å². The van der Waals surface area contributed by atoms with Crippen LogP contribution in [0.4, 0.5) is 4.39 Å². The lowest BCUT2D eigenvalue weighted by molar-refractivity contribution is -0.104. The minimum Gasteiger partial charge on any atom is -0.493 e. The minimum atomic E-state index is -0.376. The molecule has 0 saturated carbocycles. The number of carbonyl (C=O) groups excluding carboxylic acids is 1. The first-order chi connectivity index (χ1) is 11.5. The molecule has 0 radical (unpaired) electrons. The van der Waals surface area contributed by atoms with Gasteiger partial charge in [0.25, 0.3) is 0 Å². The van der Waals surface area contributed by atoms with E-state index < -0.39 is 0 Å². The van der Waals surface area contributed by atoms with Crippen LogP contribution < -0.4 is 4.74 Å². The van der Waals surface area contributed by atoms with E-state index in [-0.39, 0.29) is 6.67 Å². The minimum absolute atomic E-state index is 0.310. The Morgan fingerprint density at radius 1 is 1.17 bits per heavy atom. The van der Waals surface area contributed by atoms with Crippen molar-refractivity contribution in [2.45, 2.75) is 65.2 Å². The second-order valence-electron chi connectivity index (χ2n) is 7.16. The summed E-state index contributed by atoms with van der Waals surface area (Å²) in [6, 6.07) is 4.38. The molecule has 0 bridgehead atoms. The lowest BCUT2D eigenvalue weighted by Crippen LogP contribution is -2.07. The molecule has 0 heterocycles. The Morgan fingerprint density at radius 2 is 1.92 bits per heavy atom. The van der Waals surface area contributed by atoms with Gasteiger partial charge in [0.05, 0.1) is 13.3 Å². The van der Waals surface area contributed by atoms with Gasteiger partial charge in [0.1, 0.15) is 12.0 Å². The third kappa shape index (κ3) is 4.06. The van der Waals surface area contributed by atoms with Crippen LogP contribution in [0.15, 0.2) is 17.7 Å². The number of aldehydes is 1. The summed E-state index contributed by atoms with van der Waals surface area (Å²) in [7, 11) is 0. The molecule has 24 heavy (non-hydrogen) atoms. The van der Waals surface area contributed by atoms with Crippen molar-refractivity contribution < 1.29 is 13.9 Å². The Bertz CT molecular complexity index is 615. The van der Waals surface area contributed by atoms with Crippen molar-refractivity contribution in [3.8, 4) is 5.75 Å². The molecule has 0 spiro atoms. The van der Waals surface area contributed by atoms with Crippen LogP contribution in [0, 0.1) is 0 Å². The zero-order valence-corrected chi connectivity index (χ0v) is 15.3. The second-order valence-corrected chi connectivity index (χ2v) is 7.16. The number of carbonyl (C=O) groups is 1. The van der Waals surface area contributed by atoms with Crippen LogP contribution in [-0.4, -0.2) is 19.6 Å². The van der Waals surface area contributed by atoms with Crippen LogP contribution in [0.3, 0.4) is 0 Å². The maximum Gasteiger partial charge on any atom is 0.146 e. The van der Waals surface area contributed by atoms with Gasteiger partial charge in [-0.05, 0) is 59.4 Å². The number of hydrogen-bond donors (Lipinski definition) is 0. The summed E-state index contributed by atoms with van der Waals surface area (Å²) in [5.74, 6) is 1.56. The molecule has 1 aliphatic carbocycles. The summed E-state index contributed by atoms with van der Waals surface area (Å²) in [5.41, 5.74) is 5.46. The fraction of sp³-hybridized carbons (Fsp3) is 0.571. The van der Waals surface area contributed by atoms with Crippen LogP contribution >= 0.6 is 0 Å². The van der Waals surface area contributed by atoms with Gasteiger partial charge in [0.2, 0.25) is 0 Å². The Morgan fingerprint density at radius 3 is 2.50 bits per heavy atom. The standard InChI is InChI=1S/C21H29FO2/c1-14(2)17-11-19(15(3)4)21(24-10-6-9-22)20(12-17)18-8-5-7-16(18)13-23/h11-15H,5-10H2,1-4H3. The van der Waals surface area contributed by atoms with E-state index >= 15 is 0 Å². The molecule has 0 N–H and O–H groups in total. The summed E-state index contributed by atoms with van der Waals surface area (Å²) in [5, 5.41) is 0. The van der Waals surface area contributed by atoms with Gasteiger partial charge in [-0.25, -0.2) is 0 Å². The number of hydrogen-bond acceptors (Lipinski definition) is 2. The van der Waals surface area contributed by atoms with Crippen LogP contribution in [0.1, 0.15) is 81.9 Å². The molecule has 0 fully saturated rings. The third-order valence-electron chi connectivity index (χ3n) is 4.68. The SMILES string of the molecule is CC(C)c1cc(C2=C(C=O)CCC2)c(OCCCF)c(C(C)C)c1. The van der Waals surface area contributed by atoms with Gasteiger partial charge in [0, 0.05) is 12.0 Å². The second kappa shape index (κ2) is 8.46. The van der Waals surface area contributed by atoms with E-state index in [9.17, 15) is 9.18 Å². The Kier molecular flexibility index (Phi) is 6.59. The molecular weight excluding hydrogens is 303 g/mol. The first kappa shape index (κ1) is 18.7. The molecule has 3 heteroatoms. The molecule has 0 saturated heterocycles. The van der Waals surface area contributed by atoms with Gasteiger partial charge in [0.15, 0.2) is 0 Å². The van der Waals surface area contributed by atoms with Crippen molar-refractivity contribution in [2.75, 3.05) is 13.3 Å². The first-order valence-corrected chi connectivity index (χ1v) is 9.03. The lowest BCUT2D eigenvalue weighted by Gasteiger charge is -2.22. The van der Waals surface area contributed by atoms with Crippen LogP contribution in [0.2, 0.25) is 0 Å². The fourth-order valence-electron chi connectivity index (χ4n) is 3.26. The normalized spacial score (nSPS) is 14.8. The van der Waals surface area contributed by atoms with Crippen molar-refractivity contribution in [3.05, 3.63) is 34.4 Å². The summed E-state index contributed by atoms with van der Waals surface area (Å²) >= 11 is 0. The predicted octanol–water partition coefficient (Wildman–Crippen LogP) is 5.81. The van der Waals surface area contributed by atoms with Crippen LogP contribution in [0.5, 0.6) is 5.75 Å². The van der Waals surface area contributed by atoms with E-state index in [1.54, 1.807) is 0 Å². The van der Waals surface area contributed by atoms with Crippen LogP contribution in [0.25, 0.3) is 5.57 Å². The molecule has 2 nitrogen and oxygen atoms in total. The molecule has 1 aromatic carbocycles. The molecule has 0 atom stereocenters. The Labute approximate surface area is 145 Å². The van der Waals surface area contributed by atoms with E-state index in [0.29, 0.717) is 24.9 Å². The van der Waals surface area contributed by atoms with E-state index in [2.05, 4.69) is 39.8 Å². The topological polar surface area (TPSA) is 26.3 Å². The number of benzene rings is 1. The molecule has 1 aromatic rings. The van der Waals surface area contributed by atoms with Crippen molar-refractivity contribution in [1.29, 1.82) is 0 Å². The van der Waals surface area contributed by atoms with E-state index in [0.717, 1.165) is 53.6 Å². The molecule has 0 amide bonds. The van der Waals surface area contributed by atoms with Gasteiger partial charge >= 0.3 is 0 Å². The molecule has 2 rings (SSSR count). The van der Waals surface area contributed by atoms with Gasteiger partial charge in [-0.3, -0.25) is 9.18 Å². The highest BCUT2D eigenvalue weighted by Gasteiger charge is 2.23. The number of ether oxygens (including phenoxy) is 1. The molecule has 0 aliphatic heterocycles. The largest absolute Gasteiger partial charge is 0.493 e. The van der Waals surface area contributed by atoms with Crippen molar-refractivity contribution in [1.82, 2.24) is 0 Å². The lowest BCUT2D eigenvalue weighted by atomic mass is 9.88. The molecular formula is C21H29FO2.